The van der Waals surface area contributed by atoms with Crippen LogP contribution in [0.15, 0.2) is 88.6 Å². The van der Waals surface area contributed by atoms with Crippen LogP contribution in [0.4, 0.5) is 0 Å². The molecule has 0 aliphatic carbocycles. The highest BCUT2D eigenvalue weighted by Crippen LogP contribution is 2.31. The Bertz CT molecular complexity index is 1570. The topological polar surface area (TPSA) is 117 Å². The molecule has 3 atom stereocenters. The number of nitrogens with one attached hydrogen (secondary N) is 1. The lowest BCUT2D eigenvalue weighted by molar-refractivity contribution is -0.0582. The lowest BCUT2D eigenvalue weighted by Crippen LogP contribution is -2.33. The molecule has 1 fully saturated rings. The minimum absolute atomic E-state index is 0.120. The lowest BCUT2D eigenvalue weighted by atomic mass is 10.0. The van der Waals surface area contributed by atoms with Crippen LogP contribution >= 0.6 is 0 Å². The fraction of sp³-hybridized carbons (Fsp3) is 0.214. The van der Waals surface area contributed by atoms with Crippen LogP contribution in [0.2, 0.25) is 0 Å². The maximum Gasteiger partial charge on any atom is 0.339 e. The molecule has 0 bridgehead atoms. The molecule has 9 nitrogen and oxygen atoms in total. The fourth-order valence-corrected chi connectivity index (χ4v) is 4.37. The molecule has 1 aliphatic heterocycles. The average molecular weight is 501 g/mol. The molecule has 1 N–H and O–H groups in total. The highest BCUT2D eigenvalue weighted by molar-refractivity contribution is 6.04. The van der Waals surface area contributed by atoms with E-state index in [-0.39, 0.29) is 13.0 Å². The molecule has 5 rings (SSSR count). The zero-order valence-electron chi connectivity index (χ0n) is 20.0. The van der Waals surface area contributed by atoms with Crippen LogP contribution in [-0.2, 0) is 14.2 Å². The monoisotopic (exact) mass is 500 g/mol. The summed E-state index contributed by atoms with van der Waals surface area (Å²) in [6.45, 7) is 1.37. The molecule has 0 spiro atoms. The van der Waals surface area contributed by atoms with Crippen LogP contribution in [0.5, 0.6) is 0 Å². The van der Waals surface area contributed by atoms with Gasteiger partial charge in [0.2, 0.25) is 0 Å². The second-order valence-electron chi connectivity index (χ2n) is 8.78. The van der Waals surface area contributed by atoms with Crippen molar-refractivity contribution < 1.29 is 23.8 Å². The van der Waals surface area contributed by atoms with E-state index < -0.39 is 41.6 Å². The lowest BCUT2D eigenvalue weighted by Gasteiger charge is -2.19. The average Bonchev–Trinajstić information content (AvgIpc) is 3.31. The maximum atomic E-state index is 13.2. The van der Waals surface area contributed by atoms with Crippen molar-refractivity contribution in [1.82, 2.24) is 9.55 Å². The molecule has 9 heteroatoms. The summed E-state index contributed by atoms with van der Waals surface area (Å²) in [7, 11) is 0. The van der Waals surface area contributed by atoms with E-state index >= 15 is 0 Å². The van der Waals surface area contributed by atoms with E-state index in [0.29, 0.717) is 16.7 Å². The third kappa shape index (κ3) is 5.07. The minimum atomic E-state index is -0.839. The Labute approximate surface area is 211 Å². The molecule has 37 heavy (non-hydrogen) atoms. The van der Waals surface area contributed by atoms with Crippen molar-refractivity contribution in [2.75, 3.05) is 6.61 Å². The number of ether oxygens (including phenoxy) is 3. The van der Waals surface area contributed by atoms with E-state index in [9.17, 15) is 19.2 Å². The van der Waals surface area contributed by atoms with E-state index in [4.69, 9.17) is 14.2 Å². The number of hydrogen-bond acceptors (Lipinski definition) is 7. The first-order valence-electron chi connectivity index (χ1n) is 11.8. The van der Waals surface area contributed by atoms with Crippen molar-refractivity contribution in [2.24, 2.45) is 0 Å². The van der Waals surface area contributed by atoms with Crippen LogP contribution in [0.3, 0.4) is 0 Å². The van der Waals surface area contributed by atoms with Crippen LogP contribution in [0.25, 0.3) is 10.8 Å². The number of benzene rings is 3. The Balaban J connectivity index is 1.40. The van der Waals surface area contributed by atoms with Gasteiger partial charge < -0.3 is 14.2 Å². The van der Waals surface area contributed by atoms with Gasteiger partial charge in [-0.15, -0.1) is 0 Å². The second-order valence-corrected chi connectivity index (χ2v) is 8.78. The van der Waals surface area contributed by atoms with Gasteiger partial charge in [-0.3, -0.25) is 14.3 Å². The zero-order valence-corrected chi connectivity index (χ0v) is 20.0. The van der Waals surface area contributed by atoms with Gasteiger partial charge in [-0.1, -0.05) is 54.6 Å². The van der Waals surface area contributed by atoms with Gasteiger partial charge in [0.05, 0.1) is 11.1 Å². The third-order valence-corrected chi connectivity index (χ3v) is 6.29. The van der Waals surface area contributed by atoms with E-state index in [0.717, 1.165) is 10.8 Å². The molecule has 0 saturated carbocycles. The first kappa shape index (κ1) is 24.2. The smallest absolute Gasteiger partial charge is 0.339 e. The second kappa shape index (κ2) is 10.2. The summed E-state index contributed by atoms with van der Waals surface area (Å²) >= 11 is 0. The van der Waals surface area contributed by atoms with Crippen molar-refractivity contribution in [3.8, 4) is 0 Å². The van der Waals surface area contributed by atoms with Gasteiger partial charge in [-0.05, 0) is 35.9 Å². The molecule has 4 aromatic rings. The zero-order chi connectivity index (χ0) is 25.9. The molecule has 1 aromatic heterocycles. The van der Waals surface area contributed by atoms with Crippen molar-refractivity contribution in [2.45, 2.75) is 31.8 Å². The van der Waals surface area contributed by atoms with E-state index in [1.54, 1.807) is 49.4 Å². The fourth-order valence-electron chi connectivity index (χ4n) is 4.37. The molecule has 2 heterocycles. The van der Waals surface area contributed by atoms with Gasteiger partial charge in [-0.25, -0.2) is 14.4 Å². The number of rotatable bonds is 6. The van der Waals surface area contributed by atoms with Crippen molar-refractivity contribution in [3.05, 3.63) is 117 Å². The Morgan fingerprint density at radius 2 is 1.70 bits per heavy atom. The van der Waals surface area contributed by atoms with Crippen LogP contribution in [-0.4, -0.2) is 40.3 Å². The Hall–Kier alpha value is -4.50. The molecular weight excluding hydrogens is 476 g/mol. The summed E-state index contributed by atoms with van der Waals surface area (Å²) in [5.41, 5.74) is -0.0629. The number of aryl methyl sites for hydroxylation is 1. The summed E-state index contributed by atoms with van der Waals surface area (Å²) in [5, 5.41) is 1.63. The Kier molecular flexibility index (Phi) is 6.70. The Morgan fingerprint density at radius 1 is 0.973 bits per heavy atom. The van der Waals surface area contributed by atoms with E-state index in [1.807, 2.05) is 30.3 Å². The predicted molar refractivity (Wildman–Crippen MR) is 134 cm³/mol. The van der Waals surface area contributed by atoms with Gasteiger partial charge in [0.1, 0.15) is 25.0 Å². The standard InChI is InChI=1S/C28H24N2O7/c1-17-15-30(28(34)29-25(17)31)24-14-22(23(36-24)16-35-26(32)19-9-3-2-4-10-19)37-27(33)21-13-7-11-18-8-5-6-12-20(18)21/h2-13,15,22-24H,14,16H2,1H3,(H,29,31,34)/t22-,23+,24?/m0/s1. The summed E-state index contributed by atoms with van der Waals surface area (Å²) in [4.78, 5) is 52.3. The highest BCUT2D eigenvalue weighted by Gasteiger charge is 2.40. The normalized spacial score (nSPS) is 19.0. The van der Waals surface area contributed by atoms with E-state index in [1.165, 1.54) is 10.8 Å². The number of carbonyl (C=O) groups is 2. The van der Waals surface area contributed by atoms with Crippen molar-refractivity contribution in [1.29, 1.82) is 0 Å². The summed E-state index contributed by atoms with van der Waals surface area (Å²) in [5.74, 6) is -1.11. The molecule has 3 aromatic carbocycles. The van der Waals surface area contributed by atoms with Crippen molar-refractivity contribution >= 4 is 22.7 Å². The number of carbonyl (C=O) groups excluding carboxylic acids is 2. The summed E-state index contributed by atoms with van der Waals surface area (Å²) in [6, 6.07) is 21.3. The summed E-state index contributed by atoms with van der Waals surface area (Å²) < 4.78 is 18.6. The molecular formula is C28H24N2O7. The van der Waals surface area contributed by atoms with Gasteiger partial charge in [0.15, 0.2) is 0 Å². The quantitative estimate of drug-likeness (QED) is 0.404. The number of aromatic nitrogens is 2. The van der Waals surface area contributed by atoms with Crippen LogP contribution in [0.1, 0.15) is 38.9 Å². The molecule has 1 aliphatic rings. The molecule has 1 saturated heterocycles. The largest absolute Gasteiger partial charge is 0.459 e. The van der Waals surface area contributed by atoms with Gasteiger partial charge in [0.25, 0.3) is 5.56 Å². The van der Waals surface area contributed by atoms with Crippen LogP contribution in [0, 0.1) is 6.92 Å². The van der Waals surface area contributed by atoms with Gasteiger partial charge >= 0.3 is 17.6 Å². The molecule has 0 radical (unpaired) electrons. The maximum absolute atomic E-state index is 13.2. The first-order valence-corrected chi connectivity index (χ1v) is 11.8. The highest BCUT2D eigenvalue weighted by atomic mass is 16.6. The predicted octanol–water partition coefficient (Wildman–Crippen LogP) is 3.37. The van der Waals surface area contributed by atoms with E-state index in [2.05, 4.69) is 4.98 Å². The number of aromatic amines is 1. The van der Waals surface area contributed by atoms with Gasteiger partial charge in [-0.2, -0.15) is 0 Å². The molecule has 0 amide bonds. The summed E-state index contributed by atoms with van der Waals surface area (Å²) in [6.07, 6.45) is -0.979. The van der Waals surface area contributed by atoms with Gasteiger partial charge in [0, 0.05) is 18.2 Å². The SMILES string of the molecule is Cc1cn(C2C[C@H](OC(=O)c3cccc4ccccc34)[C@@H](COC(=O)c3ccccc3)O2)c(=O)[nH]c1=O. The van der Waals surface area contributed by atoms with Crippen LogP contribution < -0.4 is 11.2 Å². The number of fused-ring (bicyclic) bond motifs is 1. The third-order valence-electron chi connectivity index (χ3n) is 6.29. The first-order chi connectivity index (χ1) is 17.9. The number of nitrogens with zero attached hydrogens (tertiary/aromatic N) is 1. The number of esters is 2. The Morgan fingerprint density at radius 3 is 2.51 bits per heavy atom. The molecule has 188 valence electrons. The number of hydrogen-bond donors (Lipinski definition) is 1. The minimum Gasteiger partial charge on any atom is -0.459 e. The molecule has 1 unspecified atom stereocenters. The van der Waals surface area contributed by atoms with Crippen molar-refractivity contribution in [3.63, 3.8) is 0 Å². The number of H-pyrrole nitrogens is 1.